The molecular weight excluding hydrogens is 693 g/mol. The number of nitrogens with one attached hydrogen (secondary N) is 1. The molecule has 4 aliphatic rings. The number of pyridine rings is 1. The predicted octanol–water partition coefficient (Wildman–Crippen LogP) is 7.38. The first-order valence-electron chi connectivity index (χ1n) is 20.4. The van der Waals surface area contributed by atoms with Crippen LogP contribution in [0.1, 0.15) is 113 Å². The van der Waals surface area contributed by atoms with Gasteiger partial charge in [-0.1, -0.05) is 69.9 Å². The van der Waals surface area contributed by atoms with Gasteiger partial charge in [-0.2, -0.15) is 0 Å². The predicted molar refractivity (Wildman–Crippen MR) is 212 cm³/mol. The van der Waals surface area contributed by atoms with Crippen molar-refractivity contribution in [3.05, 3.63) is 70.9 Å². The summed E-state index contributed by atoms with van der Waals surface area (Å²) < 4.78 is 5.14. The number of aliphatic carboxylic acids is 1. The van der Waals surface area contributed by atoms with Gasteiger partial charge in [-0.25, -0.2) is 4.79 Å². The maximum Gasteiger partial charge on any atom is 0.341 e. The number of hydrogen-bond acceptors (Lipinski definition) is 8. The number of anilines is 1. The van der Waals surface area contributed by atoms with E-state index in [-0.39, 0.29) is 52.8 Å². The Kier molecular flexibility index (Phi) is 10.8. The van der Waals surface area contributed by atoms with Crippen LogP contribution in [0.25, 0.3) is 10.9 Å². The van der Waals surface area contributed by atoms with Crippen LogP contribution in [0.3, 0.4) is 0 Å². The average molecular weight is 751 g/mol. The van der Waals surface area contributed by atoms with E-state index in [2.05, 4.69) is 37.9 Å². The van der Waals surface area contributed by atoms with Gasteiger partial charge in [0.05, 0.1) is 36.2 Å². The monoisotopic (exact) mass is 750 g/mol. The summed E-state index contributed by atoms with van der Waals surface area (Å²) in [5.74, 6) is 6.24. The Balaban J connectivity index is 1.03. The number of aliphatic hydroxyl groups excluding tert-OH is 2. The first-order chi connectivity index (χ1) is 26.2. The largest absolute Gasteiger partial charge is 0.481 e. The summed E-state index contributed by atoms with van der Waals surface area (Å²) in [5, 5.41) is 49.3. The lowest BCUT2D eigenvalue weighted by Crippen LogP contribution is -2.63. The van der Waals surface area contributed by atoms with E-state index in [1.807, 2.05) is 55.5 Å². The zero-order chi connectivity index (χ0) is 39.3. The molecule has 4 aliphatic carbocycles. The quantitative estimate of drug-likeness (QED) is 0.112. The van der Waals surface area contributed by atoms with Gasteiger partial charge in [-0.3, -0.25) is 9.78 Å². The van der Waals surface area contributed by atoms with E-state index in [1.165, 1.54) is 7.11 Å². The highest BCUT2D eigenvalue weighted by atomic mass is 16.5. The Morgan fingerprint density at radius 3 is 2.49 bits per heavy atom. The highest BCUT2D eigenvalue weighted by molar-refractivity contribution is 6.06. The number of benzene rings is 2. The zero-order valence-electron chi connectivity index (χ0n) is 33.0. The van der Waals surface area contributed by atoms with Crippen LogP contribution in [-0.4, -0.2) is 62.3 Å². The van der Waals surface area contributed by atoms with Gasteiger partial charge in [0, 0.05) is 23.9 Å². The molecule has 55 heavy (non-hydrogen) atoms. The second kappa shape index (κ2) is 15.2. The van der Waals surface area contributed by atoms with Crippen molar-refractivity contribution in [2.24, 2.45) is 46.3 Å². The minimum Gasteiger partial charge on any atom is -0.481 e. The van der Waals surface area contributed by atoms with Gasteiger partial charge in [-0.15, -0.1) is 0 Å². The number of aromatic nitrogens is 1. The number of rotatable bonds is 9. The van der Waals surface area contributed by atoms with Crippen molar-refractivity contribution >= 4 is 28.5 Å². The number of methoxy groups -OCH3 is 1. The second-order valence-corrected chi connectivity index (χ2v) is 17.7. The van der Waals surface area contributed by atoms with Gasteiger partial charge >= 0.3 is 11.9 Å². The number of para-hydroxylation sites is 1. The fourth-order valence-corrected chi connectivity index (χ4v) is 11.9. The number of carbonyl (C=O) groups excluding carboxylic acids is 1. The highest BCUT2D eigenvalue weighted by Crippen LogP contribution is 2.69. The Morgan fingerprint density at radius 2 is 1.78 bits per heavy atom. The van der Waals surface area contributed by atoms with Crippen LogP contribution in [0.5, 0.6) is 0 Å². The number of hydrogen-bond donors (Lipinski definition) is 5. The summed E-state index contributed by atoms with van der Waals surface area (Å²) in [7, 11) is 1.38. The topological polar surface area (TPSA) is 149 Å². The molecule has 2 aromatic carbocycles. The molecule has 9 heteroatoms. The SMILES string of the molecule is CCc1nc2ccccc2c(NCc2ccc(C#CC3(O)CCC4(C)C(CC(O)C5C4CC(O)C4(C)C5CC[C@@H]4C(C)CCC(=O)O)C3)cc2)c1C(=O)OC. The van der Waals surface area contributed by atoms with Gasteiger partial charge in [0.1, 0.15) is 11.2 Å². The maximum absolute atomic E-state index is 12.9. The molecule has 7 rings (SSSR count). The van der Waals surface area contributed by atoms with Crippen molar-refractivity contribution in [1.29, 1.82) is 0 Å². The van der Waals surface area contributed by atoms with Gasteiger partial charge in [0.15, 0.2) is 0 Å². The summed E-state index contributed by atoms with van der Waals surface area (Å²) in [6.07, 6.45) is 5.31. The molecule has 0 radical (unpaired) electrons. The van der Waals surface area contributed by atoms with Gasteiger partial charge in [-0.05, 0) is 128 Å². The third-order valence-electron chi connectivity index (χ3n) is 15.0. The van der Waals surface area contributed by atoms with Crippen LogP contribution in [-0.2, 0) is 22.5 Å². The molecule has 3 aromatic rings. The van der Waals surface area contributed by atoms with Crippen molar-refractivity contribution in [3.8, 4) is 11.8 Å². The normalized spacial score (nSPS) is 34.4. The number of esters is 1. The molecule has 9 nitrogen and oxygen atoms in total. The molecule has 1 aromatic heterocycles. The van der Waals surface area contributed by atoms with Crippen LogP contribution in [0.4, 0.5) is 5.69 Å². The van der Waals surface area contributed by atoms with Crippen molar-refractivity contribution < 1.29 is 34.8 Å². The van der Waals surface area contributed by atoms with E-state index in [0.717, 1.165) is 41.3 Å². The lowest BCUT2D eigenvalue weighted by Gasteiger charge is -2.64. The van der Waals surface area contributed by atoms with Crippen LogP contribution in [0.2, 0.25) is 0 Å². The Labute approximate surface area is 325 Å². The number of ether oxygens (including phenoxy) is 1. The van der Waals surface area contributed by atoms with Crippen LogP contribution in [0.15, 0.2) is 48.5 Å². The van der Waals surface area contributed by atoms with E-state index in [1.54, 1.807) is 0 Å². The summed E-state index contributed by atoms with van der Waals surface area (Å²) in [6, 6.07) is 15.7. The number of carboxylic acid groups (broad SMARTS) is 1. The third-order valence-corrected chi connectivity index (χ3v) is 15.0. The number of nitrogens with zero attached hydrogens (tertiary/aromatic N) is 1. The van der Waals surface area contributed by atoms with Crippen LogP contribution in [0, 0.1) is 58.2 Å². The summed E-state index contributed by atoms with van der Waals surface area (Å²) >= 11 is 0. The molecule has 4 fully saturated rings. The number of aliphatic hydroxyl groups is 3. The molecule has 0 amide bonds. The molecule has 0 aliphatic heterocycles. The van der Waals surface area contributed by atoms with Crippen LogP contribution >= 0.6 is 0 Å². The van der Waals surface area contributed by atoms with E-state index in [9.17, 15) is 30.0 Å². The number of fused-ring (bicyclic) bond motifs is 6. The van der Waals surface area contributed by atoms with E-state index >= 15 is 0 Å². The molecular formula is C46H58N2O7. The number of aryl methyl sites for hydroxylation is 1. The lowest BCUT2D eigenvalue weighted by atomic mass is 9.42. The minimum absolute atomic E-state index is 0.0841. The standard InChI is InChI=1S/C46H58N2O7/c1-6-35-41(43(53)55-5)42(31-9-7-8-10-36(31)48-35)47-26-29-14-12-28(13-15-29)19-20-46(54)22-21-44(3)30(25-46)23-37(49)40-33-17-16-32(27(2)11-18-39(51)52)45(33,4)38(50)24-34(40)44/h7-10,12-15,27,30,32-34,37-38,40,49-50,54H,6,11,16-18,21-26H2,1-5H3,(H,47,48)(H,51,52)/t27?,30?,32-,33?,34?,37?,38?,40?,44?,45?,46?/m1/s1. The third kappa shape index (κ3) is 7.04. The van der Waals surface area contributed by atoms with Gasteiger partial charge in [0.25, 0.3) is 0 Å². The molecule has 11 atom stereocenters. The molecule has 1 heterocycles. The number of carbonyl (C=O) groups is 2. The average Bonchev–Trinajstić information content (AvgIpc) is 3.54. The van der Waals surface area contributed by atoms with Gasteiger partial charge in [0.2, 0.25) is 0 Å². The Bertz CT molecular complexity index is 1990. The van der Waals surface area contributed by atoms with Crippen molar-refractivity contribution in [3.63, 3.8) is 0 Å². The summed E-state index contributed by atoms with van der Waals surface area (Å²) in [4.78, 5) is 28.9. The van der Waals surface area contributed by atoms with Crippen molar-refractivity contribution in [2.75, 3.05) is 12.4 Å². The highest BCUT2D eigenvalue weighted by Gasteiger charge is 2.66. The maximum atomic E-state index is 12.9. The summed E-state index contributed by atoms with van der Waals surface area (Å²) in [6.45, 7) is 9.12. The van der Waals surface area contributed by atoms with Crippen molar-refractivity contribution in [1.82, 2.24) is 4.98 Å². The summed E-state index contributed by atoms with van der Waals surface area (Å²) in [5.41, 5.74) is 2.84. The number of carboxylic acids is 1. The molecule has 4 saturated carbocycles. The zero-order valence-corrected chi connectivity index (χ0v) is 33.0. The molecule has 0 bridgehead atoms. The molecule has 10 unspecified atom stereocenters. The van der Waals surface area contributed by atoms with E-state index in [0.29, 0.717) is 62.0 Å². The molecule has 294 valence electrons. The molecule has 5 N–H and O–H groups in total. The Morgan fingerprint density at radius 1 is 1.04 bits per heavy atom. The fraction of sp³-hybridized carbons (Fsp3) is 0.587. The van der Waals surface area contributed by atoms with E-state index < -0.39 is 29.7 Å². The fourth-order valence-electron chi connectivity index (χ4n) is 11.9. The van der Waals surface area contributed by atoms with Crippen LogP contribution < -0.4 is 5.32 Å². The van der Waals surface area contributed by atoms with E-state index in [4.69, 9.17) is 9.72 Å². The lowest BCUT2D eigenvalue weighted by molar-refractivity contribution is -0.211. The van der Waals surface area contributed by atoms with Gasteiger partial charge < -0.3 is 30.5 Å². The smallest absolute Gasteiger partial charge is 0.341 e. The molecule has 0 saturated heterocycles. The first-order valence-corrected chi connectivity index (χ1v) is 20.4. The first kappa shape index (κ1) is 39.3. The van der Waals surface area contributed by atoms with Crippen molar-refractivity contribution in [2.45, 2.75) is 116 Å². The Hall–Kier alpha value is -3.97. The minimum atomic E-state index is -1.17. The molecule has 0 spiro atoms. The second-order valence-electron chi connectivity index (χ2n) is 17.7.